The molecule has 0 radical (unpaired) electrons. The van der Waals surface area contributed by atoms with E-state index < -0.39 is 0 Å². The fraction of sp³-hybridized carbons (Fsp3) is 0.733. The smallest absolute Gasteiger partial charge is 0.275 e. The zero-order valence-electron chi connectivity index (χ0n) is 12.4. The SMILES string of the molecule is CC(C)N(C(=O)c1n[nH]c2c1CNCC2)C1CCCC1. The summed E-state index contributed by atoms with van der Waals surface area (Å²) in [5, 5.41) is 10.7. The van der Waals surface area contributed by atoms with Crippen LogP contribution in [0.1, 0.15) is 61.3 Å². The molecule has 1 fully saturated rings. The van der Waals surface area contributed by atoms with Crippen LogP contribution >= 0.6 is 0 Å². The van der Waals surface area contributed by atoms with E-state index in [0.717, 1.165) is 43.6 Å². The van der Waals surface area contributed by atoms with E-state index in [4.69, 9.17) is 0 Å². The largest absolute Gasteiger partial charge is 0.332 e. The number of nitrogens with zero attached hydrogens (tertiary/aromatic N) is 2. The van der Waals surface area contributed by atoms with Gasteiger partial charge < -0.3 is 10.2 Å². The van der Waals surface area contributed by atoms with Gasteiger partial charge in [-0.05, 0) is 26.7 Å². The van der Waals surface area contributed by atoms with E-state index in [2.05, 4.69) is 34.3 Å². The van der Waals surface area contributed by atoms with Crippen molar-refractivity contribution in [2.24, 2.45) is 0 Å². The van der Waals surface area contributed by atoms with Gasteiger partial charge in [0.1, 0.15) is 0 Å². The number of aromatic nitrogens is 2. The van der Waals surface area contributed by atoms with Crippen molar-refractivity contribution < 1.29 is 4.79 Å². The Morgan fingerprint density at radius 2 is 2.10 bits per heavy atom. The van der Waals surface area contributed by atoms with E-state index >= 15 is 0 Å². The predicted molar refractivity (Wildman–Crippen MR) is 77.6 cm³/mol. The summed E-state index contributed by atoms with van der Waals surface area (Å²) in [6.45, 7) is 5.92. The highest BCUT2D eigenvalue weighted by Crippen LogP contribution is 2.27. The van der Waals surface area contributed by atoms with Crippen LogP contribution < -0.4 is 5.32 Å². The zero-order valence-corrected chi connectivity index (χ0v) is 12.4. The first-order chi connectivity index (χ1) is 9.68. The van der Waals surface area contributed by atoms with Crippen LogP contribution in [0.15, 0.2) is 0 Å². The average Bonchev–Trinajstić information content (AvgIpc) is 3.07. The summed E-state index contributed by atoms with van der Waals surface area (Å²) in [7, 11) is 0. The summed E-state index contributed by atoms with van der Waals surface area (Å²) in [5.41, 5.74) is 2.83. The van der Waals surface area contributed by atoms with Crippen LogP contribution in [0.25, 0.3) is 0 Å². The Morgan fingerprint density at radius 3 is 2.80 bits per heavy atom. The number of H-pyrrole nitrogens is 1. The van der Waals surface area contributed by atoms with Crippen LogP contribution in [-0.4, -0.2) is 39.6 Å². The van der Waals surface area contributed by atoms with Crippen molar-refractivity contribution in [3.63, 3.8) is 0 Å². The maximum absolute atomic E-state index is 12.9. The number of carbonyl (C=O) groups is 1. The van der Waals surface area contributed by atoms with Crippen LogP contribution in [0.2, 0.25) is 0 Å². The van der Waals surface area contributed by atoms with Gasteiger partial charge in [-0.15, -0.1) is 0 Å². The third-order valence-corrected chi connectivity index (χ3v) is 4.52. The predicted octanol–water partition coefficient (Wildman–Crippen LogP) is 1.85. The summed E-state index contributed by atoms with van der Waals surface area (Å²) < 4.78 is 0. The maximum Gasteiger partial charge on any atom is 0.275 e. The maximum atomic E-state index is 12.9. The number of carbonyl (C=O) groups excluding carboxylic acids is 1. The van der Waals surface area contributed by atoms with E-state index in [1.54, 1.807) is 0 Å². The molecule has 20 heavy (non-hydrogen) atoms. The van der Waals surface area contributed by atoms with Gasteiger partial charge in [-0.1, -0.05) is 12.8 Å². The minimum Gasteiger partial charge on any atom is -0.332 e. The van der Waals surface area contributed by atoms with Crippen LogP contribution in [0, 0.1) is 0 Å². The molecule has 0 spiro atoms. The van der Waals surface area contributed by atoms with Crippen molar-refractivity contribution in [3.8, 4) is 0 Å². The molecule has 1 aromatic heterocycles. The molecule has 0 aromatic carbocycles. The van der Waals surface area contributed by atoms with Gasteiger partial charge in [0, 0.05) is 42.9 Å². The molecule has 2 aliphatic rings. The number of hydrogen-bond acceptors (Lipinski definition) is 3. The normalized spacial score (nSPS) is 19.4. The van der Waals surface area contributed by atoms with Gasteiger partial charge in [0.05, 0.1) is 0 Å². The van der Waals surface area contributed by atoms with Crippen LogP contribution in [-0.2, 0) is 13.0 Å². The molecule has 0 saturated heterocycles. The Kier molecular flexibility index (Phi) is 3.78. The van der Waals surface area contributed by atoms with Crippen molar-refractivity contribution in [1.29, 1.82) is 0 Å². The van der Waals surface area contributed by atoms with Crippen molar-refractivity contribution in [2.75, 3.05) is 6.54 Å². The summed E-state index contributed by atoms with van der Waals surface area (Å²) in [5.74, 6) is 0.105. The number of nitrogens with one attached hydrogen (secondary N) is 2. The molecule has 1 amide bonds. The van der Waals surface area contributed by atoms with Gasteiger partial charge in [-0.3, -0.25) is 9.89 Å². The Balaban J connectivity index is 1.87. The molecule has 5 heteroatoms. The van der Waals surface area contributed by atoms with Crippen molar-refractivity contribution in [1.82, 2.24) is 20.4 Å². The van der Waals surface area contributed by atoms with Crippen molar-refractivity contribution in [3.05, 3.63) is 17.0 Å². The van der Waals surface area contributed by atoms with Crippen LogP contribution in [0.5, 0.6) is 0 Å². The van der Waals surface area contributed by atoms with Gasteiger partial charge >= 0.3 is 0 Å². The fourth-order valence-corrected chi connectivity index (χ4v) is 3.53. The van der Waals surface area contributed by atoms with E-state index in [-0.39, 0.29) is 11.9 Å². The van der Waals surface area contributed by atoms with Crippen molar-refractivity contribution >= 4 is 5.91 Å². The lowest BCUT2D eigenvalue weighted by Gasteiger charge is -2.32. The molecular formula is C15H24N4O. The lowest BCUT2D eigenvalue weighted by Crippen LogP contribution is -2.44. The van der Waals surface area contributed by atoms with Crippen molar-refractivity contribution in [2.45, 2.75) is 64.6 Å². The molecule has 3 rings (SSSR count). The monoisotopic (exact) mass is 276 g/mol. The zero-order chi connectivity index (χ0) is 14.1. The Labute approximate surface area is 120 Å². The number of aromatic amines is 1. The molecule has 2 N–H and O–H groups in total. The van der Waals surface area contributed by atoms with E-state index in [0.29, 0.717) is 11.7 Å². The number of hydrogen-bond donors (Lipinski definition) is 2. The summed E-state index contributed by atoms with van der Waals surface area (Å²) in [6, 6.07) is 0.626. The molecule has 0 bridgehead atoms. The molecule has 5 nitrogen and oxygen atoms in total. The standard InChI is InChI=1S/C15H24N4O/c1-10(2)19(11-5-3-4-6-11)15(20)14-12-9-16-8-7-13(12)17-18-14/h10-11,16H,3-9H2,1-2H3,(H,17,18). The highest BCUT2D eigenvalue weighted by molar-refractivity contribution is 5.94. The van der Waals surface area contributed by atoms with E-state index in [1.807, 2.05) is 0 Å². The first-order valence-electron chi connectivity index (χ1n) is 7.78. The van der Waals surface area contributed by atoms with Crippen LogP contribution in [0.3, 0.4) is 0 Å². The molecule has 0 unspecified atom stereocenters. The molecule has 0 atom stereocenters. The fourth-order valence-electron chi connectivity index (χ4n) is 3.53. The Bertz CT molecular complexity index is 488. The van der Waals surface area contributed by atoms with Crippen LogP contribution in [0.4, 0.5) is 0 Å². The second-order valence-electron chi connectivity index (χ2n) is 6.20. The summed E-state index contributed by atoms with van der Waals surface area (Å²) in [6.07, 6.45) is 5.67. The molecule has 2 heterocycles. The van der Waals surface area contributed by atoms with Gasteiger partial charge in [-0.2, -0.15) is 5.10 Å². The second kappa shape index (κ2) is 5.56. The minimum absolute atomic E-state index is 0.105. The van der Waals surface area contributed by atoms with E-state index in [9.17, 15) is 4.79 Å². The molecular weight excluding hydrogens is 252 g/mol. The summed E-state index contributed by atoms with van der Waals surface area (Å²) >= 11 is 0. The second-order valence-corrected chi connectivity index (χ2v) is 6.20. The Hall–Kier alpha value is -1.36. The first kappa shape index (κ1) is 13.6. The lowest BCUT2D eigenvalue weighted by atomic mass is 10.0. The quantitative estimate of drug-likeness (QED) is 0.885. The van der Waals surface area contributed by atoms with Gasteiger partial charge in [0.15, 0.2) is 5.69 Å². The highest BCUT2D eigenvalue weighted by atomic mass is 16.2. The third kappa shape index (κ3) is 2.35. The third-order valence-electron chi connectivity index (χ3n) is 4.52. The molecule has 1 aliphatic heterocycles. The molecule has 1 aromatic rings. The number of amides is 1. The first-order valence-corrected chi connectivity index (χ1v) is 7.78. The van der Waals surface area contributed by atoms with E-state index in [1.165, 1.54) is 12.8 Å². The average molecular weight is 276 g/mol. The molecule has 110 valence electrons. The number of fused-ring (bicyclic) bond motifs is 1. The topological polar surface area (TPSA) is 61.0 Å². The molecule has 1 saturated carbocycles. The highest BCUT2D eigenvalue weighted by Gasteiger charge is 2.32. The number of rotatable bonds is 3. The van der Waals surface area contributed by atoms with Gasteiger partial charge in [-0.25, -0.2) is 0 Å². The summed E-state index contributed by atoms with van der Waals surface area (Å²) in [4.78, 5) is 15.0. The van der Waals surface area contributed by atoms with Gasteiger partial charge in [0.25, 0.3) is 5.91 Å². The van der Waals surface area contributed by atoms with Gasteiger partial charge in [0.2, 0.25) is 0 Å². The minimum atomic E-state index is 0.105. The lowest BCUT2D eigenvalue weighted by molar-refractivity contribution is 0.0606. The Morgan fingerprint density at radius 1 is 1.35 bits per heavy atom. The molecule has 1 aliphatic carbocycles.